The lowest BCUT2D eigenvalue weighted by molar-refractivity contribution is 0.132. The van der Waals surface area contributed by atoms with Gasteiger partial charge in [0.05, 0.1) is 7.11 Å². The van der Waals surface area contributed by atoms with Crippen molar-refractivity contribution in [2.45, 2.75) is 26.8 Å². The molecule has 3 nitrogen and oxygen atoms in total. The van der Waals surface area contributed by atoms with Crippen molar-refractivity contribution in [3.05, 3.63) is 23.8 Å². The van der Waals surface area contributed by atoms with E-state index in [0.717, 1.165) is 31.5 Å². The normalized spacial score (nSPS) is 25.1. The molecule has 0 aliphatic carbocycles. The van der Waals surface area contributed by atoms with Crippen LogP contribution in [0.1, 0.15) is 25.8 Å². The second-order valence-corrected chi connectivity index (χ2v) is 5.48. The fourth-order valence-corrected chi connectivity index (χ4v) is 2.57. The average Bonchev–Trinajstić information content (AvgIpc) is 2.36. The minimum Gasteiger partial charge on any atom is -0.504 e. The van der Waals surface area contributed by atoms with Crippen LogP contribution in [-0.4, -0.2) is 30.2 Å². The van der Waals surface area contributed by atoms with Crippen molar-refractivity contribution < 1.29 is 9.84 Å². The zero-order valence-corrected chi connectivity index (χ0v) is 11.5. The highest BCUT2D eigenvalue weighted by molar-refractivity contribution is 5.41. The van der Waals surface area contributed by atoms with E-state index in [1.54, 1.807) is 13.2 Å². The summed E-state index contributed by atoms with van der Waals surface area (Å²) in [6.45, 7) is 7.92. The highest BCUT2D eigenvalue weighted by Crippen LogP contribution is 2.28. The maximum absolute atomic E-state index is 9.58. The van der Waals surface area contributed by atoms with Crippen LogP contribution in [0.15, 0.2) is 18.2 Å². The van der Waals surface area contributed by atoms with E-state index in [-0.39, 0.29) is 5.75 Å². The molecule has 1 fully saturated rings. The lowest BCUT2D eigenvalue weighted by Gasteiger charge is -2.35. The Labute approximate surface area is 109 Å². The number of benzene rings is 1. The van der Waals surface area contributed by atoms with Crippen LogP contribution in [0.25, 0.3) is 0 Å². The predicted octanol–water partition coefficient (Wildman–Crippen LogP) is 2.88. The van der Waals surface area contributed by atoms with Crippen molar-refractivity contribution >= 4 is 0 Å². The van der Waals surface area contributed by atoms with Gasteiger partial charge in [-0.3, -0.25) is 4.90 Å². The van der Waals surface area contributed by atoms with Gasteiger partial charge in [-0.2, -0.15) is 0 Å². The minimum atomic E-state index is 0.210. The molecule has 0 bridgehead atoms. The number of aromatic hydroxyl groups is 1. The Morgan fingerprint density at radius 1 is 1.33 bits per heavy atom. The summed E-state index contributed by atoms with van der Waals surface area (Å²) in [6.07, 6.45) is 1.27. The maximum Gasteiger partial charge on any atom is 0.160 e. The predicted molar refractivity (Wildman–Crippen MR) is 72.9 cm³/mol. The zero-order chi connectivity index (χ0) is 13.1. The number of phenolic OH excluding ortho intramolecular Hbond substituents is 1. The van der Waals surface area contributed by atoms with E-state index in [1.807, 2.05) is 12.1 Å². The molecule has 18 heavy (non-hydrogen) atoms. The first-order chi connectivity index (χ1) is 8.60. The summed E-state index contributed by atoms with van der Waals surface area (Å²) >= 11 is 0. The molecule has 1 aliphatic heterocycles. The Balaban J connectivity index is 2.01. The van der Waals surface area contributed by atoms with Crippen LogP contribution in [0, 0.1) is 11.8 Å². The highest BCUT2D eigenvalue weighted by atomic mass is 16.5. The molecule has 0 amide bonds. The molecule has 0 spiro atoms. The number of nitrogens with zero attached hydrogens (tertiary/aromatic N) is 1. The molecule has 2 atom stereocenters. The molecule has 1 saturated heterocycles. The van der Waals surface area contributed by atoms with E-state index in [1.165, 1.54) is 12.0 Å². The van der Waals surface area contributed by atoms with Crippen molar-refractivity contribution in [3.8, 4) is 11.5 Å². The Morgan fingerprint density at radius 3 is 2.78 bits per heavy atom. The monoisotopic (exact) mass is 249 g/mol. The number of hydrogen-bond donors (Lipinski definition) is 1. The summed E-state index contributed by atoms with van der Waals surface area (Å²) < 4.78 is 5.14. The van der Waals surface area contributed by atoms with Crippen LogP contribution in [0.5, 0.6) is 11.5 Å². The van der Waals surface area contributed by atoms with E-state index in [0.29, 0.717) is 5.75 Å². The topological polar surface area (TPSA) is 32.7 Å². The van der Waals surface area contributed by atoms with E-state index in [4.69, 9.17) is 4.74 Å². The van der Waals surface area contributed by atoms with E-state index in [9.17, 15) is 5.11 Å². The lowest BCUT2D eigenvalue weighted by atomic mass is 9.88. The first-order valence-corrected chi connectivity index (χ1v) is 6.68. The molecule has 1 aromatic rings. The Kier molecular flexibility index (Phi) is 4.12. The number of rotatable bonds is 3. The summed E-state index contributed by atoms with van der Waals surface area (Å²) in [4.78, 5) is 2.48. The first-order valence-electron chi connectivity index (χ1n) is 6.68. The van der Waals surface area contributed by atoms with Gasteiger partial charge >= 0.3 is 0 Å². The second kappa shape index (κ2) is 5.61. The third-order valence-corrected chi connectivity index (χ3v) is 4.07. The molecule has 0 aromatic heterocycles. The van der Waals surface area contributed by atoms with Gasteiger partial charge in [-0.25, -0.2) is 0 Å². The molecule has 2 unspecified atom stereocenters. The van der Waals surface area contributed by atoms with Gasteiger partial charge in [0.2, 0.25) is 0 Å². The standard InChI is InChI=1S/C15H23NO2/c1-11-6-7-16(9-12(11)2)10-13-4-5-14(17)15(8-13)18-3/h4-5,8,11-12,17H,6-7,9-10H2,1-3H3. The summed E-state index contributed by atoms with van der Waals surface area (Å²) in [5.74, 6) is 2.36. The fraction of sp³-hybridized carbons (Fsp3) is 0.600. The summed E-state index contributed by atoms with van der Waals surface area (Å²) in [5.41, 5.74) is 1.20. The molecular weight excluding hydrogens is 226 g/mol. The van der Waals surface area contributed by atoms with Crippen molar-refractivity contribution in [2.75, 3.05) is 20.2 Å². The van der Waals surface area contributed by atoms with Gasteiger partial charge in [0.1, 0.15) is 0 Å². The molecule has 3 heteroatoms. The minimum absolute atomic E-state index is 0.210. The molecule has 1 heterocycles. The van der Waals surface area contributed by atoms with Crippen LogP contribution < -0.4 is 4.74 Å². The smallest absolute Gasteiger partial charge is 0.160 e. The van der Waals surface area contributed by atoms with E-state index >= 15 is 0 Å². The van der Waals surface area contributed by atoms with E-state index < -0.39 is 0 Å². The summed E-state index contributed by atoms with van der Waals surface area (Å²) in [7, 11) is 1.59. The molecule has 2 rings (SSSR count). The van der Waals surface area contributed by atoms with Crippen LogP contribution >= 0.6 is 0 Å². The number of hydrogen-bond acceptors (Lipinski definition) is 3. The van der Waals surface area contributed by atoms with Crippen molar-refractivity contribution in [1.82, 2.24) is 4.90 Å². The highest BCUT2D eigenvalue weighted by Gasteiger charge is 2.22. The Morgan fingerprint density at radius 2 is 2.11 bits per heavy atom. The third-order valence-electron chi connectivity index (χ3n) is 4.07. The molecular formula is C15H23NO2. The average molecular weight is 249 g/mol. The number of likely N-dealkylation sites (tertiary alicyclic amines) is 1. The van der Waals surface area contributed by atoms with Gasteiger partial charge in [0, 0.05) is 13.1 Å². The summed E-state index contributed by atoms with van der Waals surface area (Å²) in [6, 6.07) is 5.61. The molecule has 0 saturated carbocycles. The third kappa shape index (κ3) is 2.96. The van der Waals surface area contributed by atoms with Gasteiger partial charge < -0.3 is 9.84 Å². The number of methoxy groups -OCH3 is 1. The van der Waals surface area contributed by atoms with Crippen LogP contribution in [0.4, 0.5) is 0 Å². The second-order valence-electron chi connectivity index (χ2n) is 5.48. The summed E-state index contributed by atoms with van der Waals surface area (Å²) in [5, 5.41) is 9.58. The fourth-order valence-electron chi connectivity index (χ4n) is 2.57. The van der Waals surface area contributed by atoms with Gasteiger partial charge in [0.15, 0.2) is 11.5 Å². The number of phenols is 1. The number of ether oxygens (including phenoxy) is 1. The van der Waals surface area contributed by atoms with Gasteiger partial charge in [-0.1, -0.05) is 19.9 Å². The number of piperidine rings is 1. The maximum atomic E-state index is 9.58. The van der Waals surface area contributed by atoms with Crippen molar-refractivity contribution in [1.29, 1.82) is 0 Å². The molecule has 100 valence electrons. The van der Waals surface area contributed by atoms with Crippen molar-refractivity contribution in [2.24, 2.45) is 11.8 Å². The zero-order valence-electron chi connectivity index (χ0n) is 11.5. The van der Waals surface area contributed by atoms with Gasteiger partial charge in [-0.05, 0) is 42.5 Å². The molecule has 1 aliphatic rings. The van der Waals surface area contributed by atoms with Crippen LogP contribution in [-0.2, 0) is 6.54 Å². The first kappa shape index (κ1) is 13.2. The SMILES string of the molecule is COc1cc(CN2CCC(C)C(C)C2)ccc1O. The largest absolute Gasteiger partial charge is 0.504 e. The van der Waals surface area contributed by atoms with Crippen molar-refractivity contribution in [3.63, 3.8) is 0 Å². The quantitative estimate of drug-likeness (QED) is 0.894. The lowest BCUT2D eigenvalue weighted by Crippen LogP contribution is -2.37. The Hall–Kier alpha value is -1.22. The van der Waals surface area contributed by atoms with Crippen LogP contribution in [0.2, 0.25) is 0 Å². The molecule has 1 N–H and O–H groups in total. The van der Waals surface area contributed by atoms with Crippen LogP contribution in [0.3, 0.4) is 0 Å². The van der Waals surface area contributed by atoms with Gasteiger partial charge in [-0.15, -0.1) is 0 Å². The van der Waals surface area contributed by atoms with Gasteiger partial charge in [0.25, 0.3) is 0 Å². The molecule has 1 aromatic carbocycles. The Bertz CT molecular complexity index is 405. The van der Waals surface area contributed by atoms with E-state index in [2.05, 4.69) is 18.7 Å². The molecule has 0 radical (unpaired) electrons.